The summed E-state index contributed by atoms with van der Waals surface area (Å²) in [6, 6.07) is 11.4. The van der Waals surface area contributed by atoms with Crippen LogP contribution in [0.2, 0.25) is 0 Å². The number of nitrogens with one attached hydrogen (secondary N) is 3. The molecule has 2 heterocycles. The van der Waals surface area contributed by atoms with Crippen LogP contribution in [0.3, 0.4) is 0 Å². The minimum Gasteiger partial charge on any atom is -0.494 e. The van der Waals surface area contributed by atoms with E-state index in [1.54, 1.807) is 30.3 Å². The van der Waals surface area contributed by atoms with Crippen LogP contribution >= 0.6 is 0 Å². The third kappa shape index (κ3) is 6.19. The van der Waals surface area contributed by atoms with E-state index in [9.17, 15) is 13.0 Å². The molecule has 4 rings (SSSR count). The van der Waals surface area contributed by atoms with E-state index in [1.807, 2.05) is 0 Å². The average molecular weight is 473 g/mol. The Morgan fingerprint density at radius 1 is 1.09 bits per heavy atom. The monoisotopic (exact) mass is 472 g/mol. The number of ether oxygens (including phenoxy) is 1. The minimum absolute atomic E-state index is 0.0883. The second-order valence-corrected chi connectivity index (χ2v) is 10.5. The van der Waals surface area contributed by atoms with Crippen LogP contribution < -0.4 is 15.4 Å². The summed E-state index contributed by atoms with van der Waals surface area (Å²) in [5, 5.41) is 6.24. The van der Waals surface area contributed by atoms with Gasteiger partial charge in [0.2, 0.25) is 0 Å². The number of hydrogen-bond donors (Lipinski definition) is 3. The smallest absolute Gasteiger partial charge is 0.149 e. The first kappa shape index (κ1) is 23.0. The van der Waals surface area contributed by atoms with Crippen LogP contribution in [-0.4, -0.2) is 28.6 Å². The van der Waals surface area contributed by atoms with Gasteiger partial charge in [-0.25, -0.2) is 18.0 Å². The third-order valence-electron chi connectivity index (χ3n) is 5.22. The third-order valence-corrected chi connectivity index (χ3v) is 6.10. The summed E-state index contributed by atoms with van der Waals surface area (Å²) in [7, 11) is -2.75. The van der Waals surface area contributed by atoms with Crippen LogP contribution in [0.1, 0.15) is 24.8 Å². The maximum absolute atomic E-state index is 14.6. The van der Waals surface area contributed by atoms with Gasteiger partial charge in [-0.3, -0.25) is 4.78 Å². The Hall–Kier alpha value is -3.20. The summed E-state index contributed by atoms with van der Waals surface area (Å²) < 4.78 is 54.7. The molecule has 0 amide bonds. The number of rotatable bonds is 2. The first-order chi connectivity index (χ1) is 15.8. The first-order valence-corrected chi connectivity index (χ1v) is 12.8. The van der Waals surface area contributed by atoms with E-state index in [0.29, 0.717) is 47.2 Å². The van der Waals surface area contributed by atoms with Gasteiger partial charge >= 0.3 is 0 Å². The zero-order valence-electron chi connectivity index (χ0n) is 18.3. The lowest BCUT2D eigenvalue weighted by Gasteiger charge is -2.14. The minimum atomic E-state index is -2.75. The topological polar surface area (TPSA) is 87.1 Å². The fraction of sp³-hybridized carbons (Fsp3) is 0.292. The van der Waals surface area contributed by atoms with Gasteiger partial charge in [-0.15, -0.1) is 0 Å². The maximum atomic E-state index is 14.6. The van der Waals surface area contributed by atoms with Crippen LogP contribution in [0.15, 0.2) is 48.7 Å². The van der Waals surface area contributed by atoms with Crippen molar-refractivity contribution in [3.63, 3.8) is 0 Å². The van der Waals surface area contributed by atoms with Crippen LogP contribution in [-0.2, 0) is 15.5 Å². The lowest BCUT2D eigenvalue weighted by molar-refractivity contribution is 0.306. The summed E-state index contributed by atoms with van der Waals surface area (Å²) in [4.78, 5) is 4.13. The van der Waals surface area contributed by atoms with E-state index in [2.05, 4.69) is 15.6 Å². The van der Waals surface area contributed by atoms with Crippen LogP contribution in [0, 0.1) is 16.4 Å². The maximum Gasteiger partial charge on any atom is 0.149 e. The fourth-order valence-corrected chi connectivity index (χ4v) is 4.54. The predicted molar refractivity (Wildman–Crippen MR) is 128 cm³/mol. The van der Waals surface area contributed by atoms with E-state index in [1.165, 1.54) is 18.4 Å². The number of halogens is 2. The first-order valence-electron chi connectivity index (χ1n) is 10.7. The molecule has 3 N–H and O–H groups in total. The van der Waals surface area contributed by atoms with Crippen molar-refractivity contribution in [1.82, 2.24) is 4.98 Å². The summed E-state index contributed by atoms with van der Waals surface area (Å²) >= 11 is 0. The molecule has 0 radical (unpaired) electrons. The Morgan fingerprint density at radius 3 is 2.76 bits per heavy atom. The molecule has 0 spiro atoms. The molecule has 0 saturated carbocycles. The summed E-state index contributed by atoms with van der Waals surface area (Å²) in [5.74, 6) is 0.162. The average Bonchev–Trinajstić information content (AvgIpc) is 2.74. The van der Waals surface area contributed by atoms with E-state index in [-0.39, 0.29) is 11.3 Å². The molecule has 174 valence electrons. The number of hydrogen-bond acceptors (Lipinski definition) is 6. The largest absolute Gasteiger partial charge is 0.494 e. The van der Waals surface area contributed by atoms with Gasteiger partial charge in [-0.05, 0) is 60.7 Å². The van der Waals surface area contributed by atoms with Crippen molar-refractivity contribution >= 4 is 26.9 Å². The van der Waals surface area contributed by atoms with Gasteiger partial charge in [-0.1, -0.05) is 6.07 Å². The number of pyridine rings is 1. The van der Waals surface area contributed by atoms with E-state index in [4.69, 9.17) is 9.52 Å². The highest BCUT2D eigenvalue weighted by Crippen LogP contribution is 2.31. The van der Waals surface area contributed by atoms with E-state index in [0.717, 1.165) is 25.5 Å². The van der Waals surface area contributed by atoms with Gasteiger partial charge in [0.15, 0.2) is 0 Å². The quantitative estimate of drug-likeness (QED) is 0.431. The second kappa shape index (κ2) is 9.74. The molecule has 9 heteroatoms. The molecule has 2 aromatic carbocycles. The normalized spacial score (nSPS) is 15.8. The van der Waals surface area contributed by atoms with E-state index < -0.39 is 21.4 Å². The molecule has 0 fully saturated rings. The van der Waals surface area contributed by atoms with Crippen molar-refractivity contribution in [2.45, 2.75) is 25.0 Å². The Balaban J connectivity index is 1.75. The number of anilines is 3. The molecule has 0 saturated heterocycles. The highest BCUT2D eigenvalue weighted by molar-refractivity contribution is 7.90. The van der Waals surface area contributed by atoms with Gasteiger partial charge in [0.25, 0.3) is 0 Å². The lowest BCUT2D eigenvalue weighted by atomic mass is 10.0. The van der Waals surface area contributed by atoms with Crippen molar-refractivity contribution < 1.29 is 17.7 Å². The number of fused-ring (bicyclic) bond motifs is 7. The van der Waals surface area contributed by atoms with Crippen molar-refractivity contribution in [1.29, 1.82) is 4.78 Å². The Kier molecular flexibility index (Phi) is 6.78. The van der Waals surface area contributed by atoms with Crippen LogP contribution in [0.5, 0.6) is 5.75 Å². The van der Waals surface area contributed by atoms with Crippen LogP contribution in [0.25, 0.3) is 11.1 Å². The molecule has 6 nitrogen and oxygen atoms in total. The molecule has 1 aliphatic rings. The molecule has 6 bridgehead atoms. The predicted octanol–water partition coefficient (Wildman–Crippen LogP) is 5.92. The van der Waals surface area contributed by atoms with Gasteiger partial charge in [0.1, 0.15) is 23.2 Å². The summed E-state index contributed by atoms with van der Waals surface area (Å²) in [6.45, 7) is 1.08. The van der Waals surface area contributed by atoms with E-state index >= 15 is 0 Å². The van der Waals surface area contributed by atoms with Gasteiger partial charge < -0.3 is 15.4 Å². The zero-order valence-corrected chi connectivity index (χ0v) is 19.1. The number of nitrogens with zero attached hydrogens (tertiary/aromatic N) is 1. The lowest BCUT2D eigenvalue weighted by Crippen LogP contribution is -2.05. The zero-order chi connectivity index (χ0) is 23.4. The Morgan fingerprint density at radius 2 is 1.94 bits per heavy atom. The molecule has 1 aliphatic heterocycles. The molecule has 1 aromatic heterocycles. The van der Waals surface area contributed by atoms with Crippen LogP contribution in [0.4, 0.5) is 26.0 Å². The molecule has 1 atom stereocenters. The molecule has 3 aromatic rings. The molecule has 1 unspecified atom stereocenters. The van der Waals surface area contributed by atoms with Crippen molar-refractivity contribution in [3.05, 3.63) is 65.9 Å². The standard InChI is InChI=1S/C24H26F2N4O2S/c1-33(27,31)15-16-9-18-12-19(10-16)32-8-4-2-3-7-28-23-11-17(5-6-21(23)25)20-13-24(30-18)29-14-22(20)26/h5-6,9-14,27-28H,2-4,7-8,15H2,1H3,(H,29,30). The van der Waals surface area contributed by atoms with Gasteiger partial charge in [0, 0.05) is 39.8 Å². The molecule has 33 heavy (non-hydrogen) atoms. The van der Waals surface area contributed by atoms with Crippen molar-refractivity contribution in [3.8, 4) is 16.9 Å². The summed E-state index contributed by atoms with van der Waals surface area (Å²) in [6.07, 6.45) is 5.03. The molecule has 0 aliphatic carbocycles. The highest BCUT2D eigenvalue weighted by Gasteiger charge is 2.13. The fourth-order valence-electron chi connectivity index (χ4n) is 3.74. The number of benzene rings is 2. The SMILES string of the molecule is CS(=N)(=O)Cc1cc2cc(c1)OCCCCCNc1cc(ccc1F)-c1cc(ncc1F)N2. The van der Waals surface area contributed by atoms with Gasteiger partial charge in [0.05, 0.1) is 24.2 Å². The molecular formula is C24H26F2N4O2S. The summed E-state index contributed by atoms with van der Waals surface area (Å²) in [5.41, 5.74) is 2.47. The van der Waals surface area contributed by atoms with Gasteiger partial charge in [-0.2, -0.15) is 0 Å². The molecular weight excluding hydrogens is 446 g/mol. The van der Waals surface area contributed by atoms with Crippen molar-refractivity contribution in [2.24, 2.45) is 0 Å². The number of aromatic nitrogens is 1. The Bertz CT molecular complexity index is 1270. The van der Waals surface area contributed by atoms with Crippen molar-refractivity contribution in [2.75, 3.05) is 30.0 Å². The Labute approximate surface area is 192 Å². The highest BCUT2D eigenvalue weighted by atomic mass is 32.2. The second-order valence-electron chi connectivity index (χ2n) is 8.22.